The average molecular weight is 451 g/mol. The molecule has 1 aromatic heterocycles. The Labute approximate surface area is 183 Å². The molecule has 0 aliphatic rings. The van der Waals surface area contributed by atoms with Gasteiger partial charge < -0.3 is 24.8 Å². The molecule has 0 aliphatic carbocycles. The number of benzene rings is 1. The first-order valence-corrected chi connectivity index (χ1v) is 10.3. The molecule has 2 rings (SSSR count). The predicted octanol–water partition coefficient (Wildman–Crippen LogP) is 2.34. The summed E-state index contributed by atoms with van der Waals surface area (Å²) >= 11 is 1.53. The number of hydrogen-bond donors (Lipinski definition) is 4. The lowest BCUT2D eigenvalue weighted by Gasteiger charge is -2.25. The maximum Gasteiger partial charge on any atom is 0.336 e. The Bertz CT molecular complexity index is 900. The second-order valence-corrected chi connectivity index (χ2v) is 8.27. The van der Waals surface area contributed by atoms with Crippen molar-refractivity contribution in [2.24, 2.45) is 0 Å². The number of thiophene rings is 1. The minimum atomic E-state index is -2.76. The highest BCUT2D eigenvalue weighted by Gasteiger charge is 2.42. The van der Waals surface area contributed by atoms with E-state index in [1.54, 1.807) is 19.2 Å². The van der Waals surface area contributed by atoms with E-state index >= 15 is 0 Å². The van der Waals surface area contributed by atoms with Crippen LogP contribution in [0.5, 0.6) is 5.75 Å². The first kappa shape index (κ1) is 24.3. The number of carbonyl (C=O) groups excluding carboxylic acids is 1. The maximum atomic E-state index is 12.3. The number of aliphatic hydroxyl groups is 1. The number of rotatable bonds is 12. The van der Waals surface area contributed by atoms with Crippen molar-refractivity contribution in [2.45, 2.75) is 44.1 Å². The maximum absolute atomic E-state index is 12.3. The standard InChI is InChI=1S/C21H25NO8S/c1-13-8-9-16(31-13)15(29-14-6-4-3-5-7-14)10-17(22-2)30-19(25)12-21(28,20(26)27)11-18(23)24/h3-9,15,17,22,28H,10-12H2,1-2H3,(H,23,24)(H,26,27). The van der Waals surface area contributed by atoms with Crippen LogP contribution in [-0.2, 0) is 19.1 Å². The van der Waals surface area contributed by atoms with Crippen LogP contribution >= 0.6 is 11.3 Å². The predicted molar refractivity (Wildman–Crippen MR) is 112 cm³/mol. The number of carboxylic acid groups (broad SMARTS) is 2. The van der Waals surface area contributed by atoms with Crippen molar-refractivity contribution >= 4 is 29.2 Å². The fraction of sp³-hybridized carbons (Fsp3) is 0.381. The van der Waals surface area contributed by atoms with Crippen LogP contribution in [0.25, 0.3) is 0 Å². The SMILES string of the molecule is CNC(CC(Oc1ccccc1)c1ccc(C)s1)OC(=O)CC(O)(CC(=O)O)C(=O)O. The van der Waals surface area contributed by atoms with Crippen LogP contribution < -0.4 is 10.1 Å². The summed E-state index contributed by atoms with van der Waals surface area (Å²) < 4.78 is 11.4. The summed E-state index contributed by atoms with van der Waals surface area (Å²) in [4.78, 5) is 36.4. The summed E-state index contributed by atoms with van der Waals surface area (Å²) in [6, 6.07) is 13.0. The quantitative estimate of drug-likeness (QED) is 0.282. The number of aryl methyl sites for hydroxylation is 1. The minimum absolute atomic E-state index is 0.196. The Morgan fingerprint density at radius 2 is 1.77 bits per heavy atom. The lowest BCUT2D eigenvalue weighted by atomic mass is 9.96. The van der Waals surface area contributed by atoms with Crippen molar-refractivity contribution in [2.75, 3.05) is 7.05 Å². The number of nitrogens with one attached hydrogen (secondary N) is 1. The van der Waals surface area contributed by atoms with Crippen molar-refractivity contribution in [3.63, 3.8) is 0 Å². The topological polar surface area (TPSA) is 142 Å². The first-order chi connectivity index (χ1) is 14.6. The first-order valence-electron chi connectivity index (χ1n) is 9.45. The summed E-state index contributed by atoms with van der Waals surface area (Å²) in [6.45, 7) is 1.96. The molecule has 2 aromatic rings. The Morgan fingerprint density at radius 3 is 2.29 bits per heavy atom. The Balaban J connectivity index is 2.12. The monoisotopic (exact) mass is 451 g/mol. The van der Waals surface area contributed by atoms with Crippen molar-refractivity contribution in [1.82, 2.24) is 5.32 Å². The van der Waals surface area contributed by atoms with E-state index in [0.717, 1.165) is 9.75 Å². The summed E-state index contributed by atoms with van der Waals surface area (Å²) in [5.74, 6) is -3.78. The highest BCUT2D eigenvalue weighted by molar-refractivity contribution is 7.12. The zero-order valence-electron chi connectivity index (χ0n) is 17.1. The molecule has 3 atom stereocenters. The van der Waals surface area contributed by atoms with E-state index in [4.69, 9.17) is 19.7 Å². The van der Waals surface area contributed by atoms with Crippen molar-refractivity contribution < 1.29 is 39.2 Å². The summed E-state index contributed by atoms with van der Waals surface area (Å²) in [5, 5.41) is 30.8. The van der Waals surface area contributed by atoms with Crippen molar-refractivity contribution in [3.8, 4) is 5.75 Å². The molecule has 0 radical (unpaired) electrons. The third-order valence-electron chi connectivity index (χ3n) is 4.40. The van der Waals surface area contributed by atoms with Gasteiger partial charge in [-0.15, -0.1) is 11.3 Å². The summed E-state index contributed by atoms with van der Waals surface area (Å²) in [7, 11) is 1.55. The molecule has 3 unspecified atom stereocenters. The third kappa shape index (κ3) is 7.35. The molecule has 1 heterocycles. The van der Waals surface area contributed by atoms with E-state index in [9.17, 15) is 19.5 Å². The normalized spacial score (nSPS) is 14.8. The fourth-order valence-corrected chi connectivity index (χ4v) is 3.75. The third-order valence-corrected chi connectivity index (χ3v) is 5.50. The highest BCUT2D eigenvalue weighted by Crippen LogP contribution is 2.31. The van der Waals surface area contributed by atoms with Gasteiger partial charge in [-0.25, -0.2) is 4.79 Å². The molecule has 4 N–H and O–H groups in total. The van der Waals surface area contributed by atoms with E-state index in [1.807, 2.05) is 37.3 Å². The number of para-hydroxylation sites is 1. The largest absolute Gasteiger partial charge is 0.485 e. The van der Waals surface area contributed by atoms with Crippen molar-refractivity contribution in [3.05, 3.63) is 52.2 Å². The molecule has 0 spiro atoms. The van der Waals surface area contributed by atoms with Gasteiger partial charge in [0.25, 0.3) is 0 Å². The van der Waals surface area contributed by atoms with Crippen LogP contribution in [0.1, 0.15) is 35.1 Å². The van der Waals surface area contributed by atoms with Crippen LogP contribution in [0, 0.1) is 6.92 Å². The minimum Gasteiger partial charge on any atom is -0.485 e. The molecule has 31 heavy (non-hydrogen) atoms. The Morgan fingerprint density at radius 1 is 1.10 bits per heavy atom. The zero-order valence-corrected chi connectivity index (χ0v) is 17.9. The van der Waals surface area contributed by atoms with E-state index < -0.39 is 48.7 Å². The van der Waals surface area contributed by atoms with E-state index in [0.29, 0.717) is 5.75 Å². The molecule has 9 nitrogen and oxygen atoms in total. The smallest absolute Gasteiger partial charge is 0.336 e. The molecule has 10 heteroatoms. The van der Waals surface area contributed by atoms with Gasteiger partial charge in [0.1, 0.15) is 11.9 Å². The second kappa shape index (κ2) is 10.9. The van der Waals surface area contributed by atoms with Gasteiger partial charge in [-0.3, -0.25) is 14.9 Å². The molecule has 168 valence electrons. The molecule has 0 amide bonds. The van der Waals surface area contributed by atoms with Crippen LogP contribution in [0.2, 0.25) is 0 Å². The number of ether oxygens (including phenoxy) is 2. The van der Waals surface area contributed by atoms with Gasteiger partial charge in [-0.05, 0) is 38.2 Å². The molecule has 1 aromatic carbocycles. The van der Waals surface area contributed by atoms with Gasteiger partial charge in [0, 0.05) is 16.2 Å². The second-order valence-electron chi connectivity index (χ2n) is 6.95. The average Bonchev–Trinajstić information content (AvgIpc) is 3.13. The lowest BCUT2D eigenvalue weighted by molar-refractivity contribution is -0.174. The fourth-order valence-electron chi connectivity index (χ4n) is 2.83. The molecule has 0 bridgehead atoms. The molecular formula is C21H25NO8S. The lowest BCUT2D eigenvalue weighted by Crippen LogP contribution is -2.44. The van der Waals surface area contributed by atoms with Crippen LogP contribution in [0.15, 0.2) is 42.5 Å². The summed E-state index contributed by atoms with van der Waals surface area (Å²) in [6.07, 6.45) is -3.28. The van der Waals surface area contributed by atoms with Crippen molar-refractivity contribution in [1.29, 1.82) is 0 Å². The van der Waals surface area contributed by atoms with Gasteiger partial charge in [0.2, 0.25) is 0 Å². The van der Waals surface area contributed by atoms with E-state index in [-0.39, 0.29) is 6.42 Å². The number of carboxylic acids is 2. The number of carbonyl (C=O) groups is 3. The molecule has 0 saturated carbocycles. The van der Waals surface area contributed by atoms with Gasteiger partial charge in [-0.2, -0.15) is 0 Å². The molecule has 0 fully saturated rings. The number of hydrogen-bond acceptors (Lipinski definition) is 8. The number of aliphatic carboxylic acids is 2. The van der Waals surface area contributed by atoms with Gasteiger partial charge in [0.15, 0.2) is 11.8 Å². The van der Waals surface area contributed by atoms with Gasteiger partial charge in [0.05, 0.1) is 12.8 Å². The van der Waals surface area contributed by atoms with Gasteiger partial charge in [-0.1, -0.05) is 18.2 Å². The molecule has 0 saturated heterocycles. The highest BCUT2D eigenvalue weighted by atomic mass is 32.1. The summed E-state index contributed by atoms with van der Waals surface area (Å²) in [5.41, 5.74) is -2.76. The molecular weight excluding hydrogens is 426 g/mol. The van der Waals surface area contributed by atoms with E-state index in [1.165, 1.54) is 11.3 Å². The zero-order chi connectivity index (χ0) is 23.0. The number of esters is 1. The van der Waals surface area contributed by atoms with Crippen LogP contribution in [-0.4, -0.2) is 52.1 Å². The van der Waals surface area contributed by atoms with Crippen LogP contribution in [0.3, 0.4) is 0 Å². The van der Waals surface area contributed by atoms with Gasteiger partial charge >= 0.3 is 17.9 Å². The Hall–Kier alpha value is -2.95. The Kier molecular flexibility index (Phi) is 8.55. The molecule has 0 aliphatic heterocycles. The van der Waals surface area contributed by atoms with Crippen LogP contribution in [0.4, 0.5) is 0 Å². The van der Waals surface area contributed by atoms with E-state index in [2.05, 4.69) is 5.32 Å².